The average Bonchev–Trinajstić information content (AvgIpc) is 2.67. The van der Waals surface area contributed by atoms with Crippen molar-refractivity contribution in [2.75, 3.05) is 0 Å². The number of fused-ring (bicyclic) bond motifs is 2. The first kappa shape index (κ1) is 10.5. The molecule has 1 aromatic carbocycles. The van der Waals surface area contributed by atoms with Crippen LogP contribution >= 0.6 is 0 Å². The lowest BCUT2D eigenvalue weighted by Crippen LogP contribution is -2.58. The molecule has 0 aromatic heterocycles. The van der Waals surface area contributed by atoms with Crippen molar-refractivity contribution in [3.05, 3.63) is 35.9 Å². The van der Waals surface area contributed by atoms with Crippen molar-refractivity contribution in [3.63, 3.8) is 0 Å². The van der Waals surface area contributed by atoms with E-state index in [1.54, 1.807) is 0 Å². The van der Waals surface area contributed by atoms with E-state index in [0.717, 1.165) is 18.4 Å². The Balaban J connectivity index is 1.84. The number of hydrogen-bond donors (Lipinski definition) is 1. The number of nitrogens with one attached hydrogen (secondary N) is 1. The third kappa shape index (κ3) is 1.74. The summed E-state index contributed by atoms with van der Waals surface area (Å²) in [6.07, 6.45) is 1.57. The summed E-state index contributed by atoms with van der Waals surface area (Å²) in [5.74, 6) is -0.278. The molecule has 0 spiro atoms. The number of imide groups is 1. The molecule has 1 N–H and O–H groups in total. The molecule has 0 aliphatic carbocycles. The van der Waals surface area contributed by atoms with Gasteiger partial charge in [0, 0.05) is 6.54 Å². The van der Waals surface area contributed by atoms with Crippen molar-refractivity contribution in [3.8, 4) is 0 Å². The number of carbonyl (C=O) groups excluding carboxylic acids is 2. The van der Waals surface area contributed by atoms with Gasteiger partial charge in [-0.25, -0.2) is 0 Å². The quantitative estimate of drug-likeness (QED) is 0.760. The summed E-state index contributed by atoms with van der Waals surface area (Å²) in [6.45, 7) is 0.676. The maximum absolute atomic E-state index is 11.7. The molecule has 17 heavy (non-hydrogen) atoms. The van der Waals surface area contributed by atoms with Crippen LogP contribution in [0.2, 0.25) is 0 Å². The summed E-state index contributed by atoms with van der Waals surface area (Å²) in [4.78, 5) is 25.4. The van der Waals surface area contributed by atoms with Gasteiger partial charge in [0.05, 0.1) is 12.1 Å². The standard InChI is InChI=1S/C13H14N2O2/c16-12-10-6-7-11(13(17)14-12)15(10)8-9-4-2-1-3-5-9/h1-5,10-11H,6-8H2,(H,14,16,17)/t10-,11-/m1/s1. The molecule has 2 saturated heterocycles. The highest BCUT2D eigenvalue weighted by atomic mass is 16.2. The third-order valence-corrected chi connectivity index (χ3v) is 3.57. The number of rotatable bonds is 2. The number of benzene rings is 1. The Bertz CT molecular complexity index is 436. The fourth-order valence-corrected chi connectivity index (χ4v) is 2.73. The summed E-state index contributed by atoms with van der Waals surface area (Å²) in [7, 11) is 0. The van der Waals surface area contributed by atoms with Crippen LogP contribution in [0.25, 0.3) is 0 Å². The summed E-state index contributed by atoms with van der Waals surface area (Å²) in [5.41, 5.74) is 1.15. The molecule has 4 heteroatoms. The highest BCUT2D eigenvalue weighted by Gasteiger charge is 2.46. The largest absolute Gasteiger partial charge is 0.294 e. The van der Waals surface area contributed by atoms with Crippen molar-refractivity contribution in [1.29, 1.82) is 0 Å². The predicted molar refractivity (Wildman–Crippen MR) is 61.9 cm³/mol. The fraction of sp³-hybridized carbons (Fsp3) is 0.385. The molecule has 2 aliphatic rings. The van der Waals surface area contributed by atoms with Crippen LogP contribution in [0.3, 0.4) is 0 Å². The van der Waals surface area contributed by atoms with E-state index in [0.29, 0.717) is 6.54 Å². The first-order valence-corrected chi connectivity index (χ1v) is 5.90. The average molecular weight is 230 g/mol. The summed E-state index contributed by atoms with van der Waals surface area (Å²) in [6, 6.07) is 9.71. The monoisotopic (exact) mass is 230 g/mol. The van der Waals surface area contributed by atoms with Crippen molar-refractivity contribution < 1.29 is 9.59 Å². The zero-order chi connectivity index (χ0) is 11.8. The molecule has 88 valence electrons. The van der Waals surface area contributed by atoms with E-state index in [1.165, 1.54) is 0 Å². The SMILES string of the molecule is O=C1NC(=O)[C@H]2CC[C@H]1N2Cc1ccccc1. The lowest BCUT2D eigenvalue weighted by molar-refractivity contribution is -0.141. The molecule has 2 heterocycles. The second-order valence-corrected chi connectivity index (χ2v) is 4.62. The maximum Gasteiger partial charge on any atom is 0.243 e. The second kappa shape index (κ2) is 3.96. The molecule has 4 nitrogen and oxygen atoms in total. The zero-order valence-electron chi connectivity index (χ0n) is 9.43. The highest BCUT2D eigenvalue weighted by molar-refractivity contribution is 6.03. The number of nitrogens with zero attached hydrogens (tertiary/aromatic N) is 1. The Kier molecular flexibility index (Phi) is 2.44. The predicted octanol–water partition coefficient (Wildman–Crippen LogP) is 0.676. The Morgan fingerprint density at radius 2 is 1.65 bits per heavy atom. The first-order valence-electron chi connectivity index (χ1n) is 5.90. The smallest absolute Gasteiger partial charge is 0.243 e. The van der Waals surface area contributed by atoms with Gasteiger partial charge in [-0.2, -0.15) is 0 Å². The number of piperazine rings is 1. The van der Waals surface area contributed by atoms with E-state index < -0.39 is 0 Å². The molecule has 2 atom stereocenters. The molecular formula is C13H14N2O2. The van der Waals surface area contributed by atoms with Crippen molar-refractivity contribution in [1.82, 2.24) is 10.2 Å². The zero-order valence-corrected chi connectivity index (χ0v) is 9.43. The third-order valence-electron chi connectivity index (χ3n) is 3.57. The van der Waals surface area contributed by atoms with E-state index in [1.807, 2.05) is 35.2 Å². The maximum atomic E-state index is 11.7. The van der Waals surface area contributed by atoms with Crippen molar-refractivity contribution >= 4 is 11.8 Å². The van der Waals surface area contributed by atoms with E-state index in [-0.39, 0.29) is 23.9 Å². The molecule has 0 saturated carbocycles. The van der Waals surface area contributed by atoms with E-state index >= 15 is 0 Å². The van der Waals surface area contributed by atoms with Crippen LogP contribution in [0.5, 0.6) is 0 Å². The number of carbonyl (C=O) groups is 2. The lowest BCUT2D eigenvalue weighted by atomic mass is 10.1. The molecule has 2 fully saturated rings. The van der Waals surface area contributed by atoms with Gasteiger partial charge >= 0.3 is 0 Å². The summed E-state index contributed by atoms with van der Waals surface area (Å²) >= 11 is 0. The molecule has 2 amide bonds. The lowest BCUT2D eigenvalue weighted by Gasteiger charge is -2.32. The topological polar surface area (TPSA) is 49.4 Å². The highest BCUT2D eigenvalue weighted by Crippen LogP contribution is 2.29. The van der Waals surface area contributed by atoms with Crippen molar-refractivity contribution in [2.45, 2.75) is 31.5 Å². The normalized spacial score (nSPS) is 28.2. The minimum absolute atomic E-state index is 0.127. The summed E-state index contributed by atoms with van der Waals surface area (Å²) in [5, 5.41) is 2.44. The van der Waals surface area contributed by atoms with Crippen LogP contribution in [0.1, 0.15) is 18.4 Å². The Morgan fingerprint density at radius 3 is 2.24 bits per heavy atom. The summed E-state index contributed by atoms with van der Waals surface area (Å²) < 4.78 is 0. The minimum Gasteiger partial charge on any atom is -0.294 e. The molecule has 2 bridgehead atoms. The van der Waals surface area contributed by atoms with E-state index in [4.69, 9.17) is 0 Å². The molecule has 2 aliphatic heterocycles. The van der Waals surface area contributed by atoms with Crippen LogP contribution < -0.4 is 5.32 Å². The van der Waals surface area contributed by atoms with Crippen LogP contribution in [-0.4, -0.2) is 28.8 Å². The fourth-order valence-electron chi connectivity index (χ4n) is 2.73. The molecule has 3 rings (SSSR count). The van der Waals surface area contributed by atoms with Gasteiger partial charge in [-0.15, -0.1) is 0 Å². The molecule has 0 unspecified atom stereocenters. The van der Waals surface area contributed by atoms with Gasteiger partial charge in [0.25, 0.3) is 0 Å². The second-order valence-electron chi connectivity index (χ2n) is 4.62. The van der Waals surface area contributed by atoms with E-state index in [2.05, 4.69) is 5.32 Å². The van der Waals surface area contributed by atoms with Gasteiger partial charge in [-0.1, -0.05) is 30.3 Å². The Hall–Kier alpha value is -1.68. The molecular weight excluding hydrogens is 216 g/mol. The Morgan fingerprint density at radius 1 is 1.06 bits per heavy atom. The Labute approximate surface area is 99.6 Å². The van der Waals surface area contributed by atoms with Gasteiger partial charge < -0.3 is 0 Å². The molecule has 1 aromatic rings. The van der Waals surface area contributed by atoms with E-state index in [9.17, 15) is 9.59 Å². The van der Waals surface area contributed by atoms with Gasteiger partial charge in [-0.3, -0.25) is 19.8 Å². The van der Waals surface area contributed by atoms with Gasteiger partial charge in [0.2, 0.25) is 11.8 Å². The van der Waals surface area contributed by atoms with Gasteiger partial charge in [0.15, 0.2) is 0 Å². The number of hydrogen-bond acceptors (Lipinski definition) is 3. The van der Waals surface area contributed by atoms with Crippen LogP contribution in [0, 0.1) is 0 Å². The molecule has 0 radical (unpaired) electrons. The van der Waals surface area contributed by atoms with Crippen LogP contribution in [0.15, 0.2) is 30.3 Å². The number of amides is 2. The van der Waals surface area contributed by atoms with Gasteiger partial charge in [-0.05, 0) is 18.4 Å². The first-order chi connectivity index (χ1) is 8.25. The minimum atomic E-state index is -0.139. The van der Waals surface area contributed by atoms with Crippen LogP contribution in [0.4, 0.5) is 0 Å². The van der Waals surface area contributed by atoms with Crippen molar-refractivity contribution in [2.24, 2.45) is 0 Å². The van der Waals surface area contributed by atoms with Gasteiger partial charge in [0.1, 0.15) is 0 Å². The van der Waals surface area contributed by atoms with Crippen LogP contribution in [-0.2, 0) is 16.1 Å².